The largest absolute Gasteiger partial charge is 0.392 e. The van der Waals surface area contributed by atoms with Gasteiger partial charge in [0.05, 0.1) is 18.6 Å². The standard InChI is InChI=1S/C19H21N3O2/c1-19(11-17(24)22(2)18(20)21-19)16-8-4-7-15(10-16)14-6-3-5-13(9-14)12-23/h3-10,23H,11-12H2,1-2H3,(H2,20,21). The molecule has 124 valence electrons. The fourth-order valence-electron chi connectivity index (χ4n) is 2.96. The maximum Gasteiger partial charge on any atom is 0.231 e. The molecule has 0 bridgehead atoms. The van der Waals surface area contributed by atoms with Crippen molar-refractivity contribution in [3.05, 3.63) is 59.7 Å². The Bertz CT molecular complexity index is 816. The number of guanidine groups is 1. The number of aliphatic imine (C=N–C) groups is 1. The monoisotopic (exact) mass is 323 g/mol. The van der Waals surface area contributed by atoms with E-state index in [2.05, 4.69) is 4.99 Å². The number of aliphatic hydroxyl groups is 1. The molecule has 1 aliphatic rings. The molecule has 5 nitrogen and oxygen atoms in total. The smallest absolute Gasteiger partial charge is 0.231 e. The van der Waals surface area contributed by atoms with E-state index in [0.717, 1.165) is 22.3 Å². The number of rotatable bonds is 3. The van der Waals surface area contributed by atoms with Crippen molar-refractivity contribution >= 4 is 11.9 Å². The van der Waals surface area contributed by atoms with Gasteiger partial charge >= 0.3 is 0 Å². The highest BCUT2D eigenvalue weighted by molar-refractivity contribution is 5.98. The summed E-state index contributed by atoms with van der Waals surface area (Å²) in [6.45, 7) is 1.93. The second-order valence-corrected chi connectivity index (χ2v) is 6.31. The molecule has 0 aromatic heterocycles. The van der Waals surface area contributed by atoms with Gasteiger partial charge in [0.2, 0.25) is 5.91 Å². The van der Waals surface area contributed by atoms with Crippen LogP contribution in [-0.2, 0) is 16.9 Å². The molecule has 3 rings (SSSR count). The first kappa shape index (κ1) is 16.2. The van der Waals surface area contributed by atoms with Crippen LogP contribution < -0.4 is 5.73 Å². The summed E-state index contributed by atoms with van der Waals surface area (Å²) in [4.78, 5) is 18.1. The van der Waals surface area contributed by atoms with E-state index in [-0.39, 0.29) is 24.9 Å². The molecule has 5 heteroatoms. The normalized spacial score (nSPS) is 20.9. The molecule has 1 amide bonds. The van der Waals surface area contributed by atoms with Gasteiger partial charge in [0.15, 0.2) is 5.96 Å². The Kier molecular flexibility index (Phi) is 4.11. The second kappa shape index (κ2) is 6.09. The van der Waals surface area contributed by atoms with Gasteiger partial charge in [0.1, 0.15) is 0 Å². The molecule has 0 spiro atoms. The van der Waals surface area contributed by atoms with Gasteiger partial charge in [0, 0.05) is 7.05 Å². The third kappa shape index (κ3) is 2.90. The molecule has 24 heavy (non-hydrogen) atoms. The van der Waals surface area contributed by atoms with E-state index in [1.54, 1.807) is 7.05 Å². The zero-order chi connectivity index (χ0) is 17.3. The number of carbonyl (C=O) groups excluding carboxylic acids is 1. The molecule has 0 saturated heterocycles. The van der Waals surface area contributed by atoms with E-state index in [1.165, 1.54) is 4.90 Å². The topological polar surface area (TPSA) is 78.9 Å². The summed E-state index contributed by atoms with van der Waals surface area (Å²) in [5.74, 6) is 0.194. The van der Waals surface area contributed by atoms with Gasteiger partial charge in [0.25, 0.3) is 0 Å². The third-order valence-electron chi connectivity index (χ3n) is 4.50. The molecule has 3 N–H and O–H groups in total. The van der Waals surface area contributed by atoms with Gasteiger partial charge < -0.3 is 10.8 Å². The summed E-state index contributed by atoms with van der Waals surface area (Å²) >= 11 is 0. The lowest BCUT2D eigenvalue weighted by atomic mass is 9.86. The highest BCUT2D eigenvalue weighted by Gasteiger charge is 2.36. The summed E-state index contributed by atoms with van der Waals surface area (Å²) in [5.41, 5.74) is 9.07. The Hall–Kier alpha value is -2.66. The van der Waals surface area contributed by atoms with Crippen LogP contribution in [0.25, 0.3) is 11.1 Å². The Balaban J connectivity index is 2.03. The zero-order valence-electron chi connectivity index (χ0n) is 13.9. The molecule has 2 aromatic carbocycles. The molecule has 1 aliphatic heterocycles. The van der Waals surface area contributed by atoms with Crippen molar-refractivity contribution in [2.24, 2.45) is 10.7 Å². The predicted octanol–water partition coefficient (Wildman–Crippen LogP) is 2.24. The van der Waals surface area contributed by atoms with Crippen molar-refractivity contribution in [3.8, 4) is 11.1 Å². The number of nitrogens with two attached hydrogens (primary N) is 1. The molecule has 0 fully saturated rings. The van der Waals surface area contributed by atoms with Crippen LogP contribution in [-0.4, -0.2) is 28.9 Å². The van der Waals surface area contributed by atoms with Crippen molar-refractivity contribution in [1.29, 1.82) is 0 Å². The molecule has 1 heterocycles. The van der Waals surface area contributed by atoms with Gasteiger partial charge in [-0.1, -0.05) is 36.4 Å². The highest BCUT2D eigenvalue weighted by Crippen LogP contribution is 2.35. The van der Waals surface area contributed by atoms with Crippen LogP contribution in [0, 0.1) is 0 Å². The van der Waals surface area contributed by atoms with Crippen molar-refractivity contribution in [2.45, 2.75) is 25.5 Å². The molecule has 0 radical (unpaired) electrons. The van der Waals surface area contributed by atoms with Crippen LogP contribution in [0.2, 0.25) is 0 Å². The summed E-state index contributed by atoms with van der Waals surface area (Å²) < 4.78 is 0. The van der Waals surface area contributed by atoms with Crippen molar-refractivity contribution in [1.82, 2.24) is 4.90 Å². The molecular formula is C19H21N3O2. The minimum absolute atomic E-state index is 0.00685. The Labute approximate surface area is 141 Å². The third-order valence-corrected chi connectivity index (χ3v) is 4.50. The van der Waals surface area contributed by atoms with E-state index < -0.39 is 5.54 Å². The zero-order valence-corrected chi connectivity index (χ0v) is 13.9. The van der Waals surface area contributed by atoms with Gasteiger partial charge in [-0.25, -0.2) is 4.99 Å². The number of hydrogen-bond donors (Lipinski definition) is 2. The van der Waals surface area contributed by atoms with Gasteiger partial charge in [-0.15, -0.1) is 0 Å². The highest BCUT2D eigenvalue weighted by atomic mass is 16.3. The van der Waals surface area contributed by atoms with Crippen LogP contribution in [0.1, 0.15) is 24.5 Å². The number of carbonyl (C=O) groups is 1. The summed E-state index contributed by atoms with van der Waals surface area (Å²) in [6.07, 6.45) is 0.282. The Morgan fingerprint density at radius 2 is 1.88 bits per heavy atom. The Morgan fingerprint density at radius 1 is 1.21 bits per heavy atom. The molecule has 0 saturated carbocycles. The van der Waals surface area contributed by atoms with E-state index in [4.69, 9.17) is 5.73 Å². The van der Waals surface area contributed by atoms with Crippen LogP contribution in [0.15, 0.2) is 53.5 Å². The lowest BCUT2D eigenvalue weighted by molar-refractivity contribution is -0.128. The van der Waals surface area contributed by atoms with E-state index in [9.17, 15) is 9.90 Å². The molecule has 1 atom stereocenters. The first-order valence-electron chi connectivity index (χ1n) is 7.85. The fourth-order valence-corrected chi connectivity index (χ4v) is 2.96. The minimum Gasteiger partial charge on any atom is -0.392 e. The minimum atomic E-state index is -0.668. The first-order chi connectivity index (χ1) is 11.4. The summed E-state index contributed by atoms with van der Waals surface area (Å²) in [7, 11) is 1.64. The average Bonchev–Trinajstić information content (AvgIpc) is 2.60. The van der Waals surface area contributed by atoms with Crippen molar-refractivity contribution < 1.29 is 9.90 Å². The lowest BCUT2D eigenvalue weighted by Crippen LogP contribution is -2.47. The Morgan fingerprint density at radius 3 is 2.54 bits per heavy atom. The molecule has 2 aromatic rings. The number of benzene rings is 2. The second-order valence-electron chi connectivity index (χ2n) is 6.31. The molecule has 0 aliphatic carbocycles. The van der Waals surface area contributed by atoms with Gasteiger partial charge in [-0.05, 0) is 41.3 Å². The quantitative estimate of drug-likeness (QED) is 0.909. The van der Waals surface area contributed by atoms with E-state index in [1.807, 2.05) is 55.5 Å². The maximum absolute atomic E-state index is 12.2. The number of hydrogen-bond acceptors (Lipinski definition) is 4. The van der Waals surface area contributed by atoms with Crippen LogP contribution >= 0.6 is 0 Å². The lowest BCUT2D eigenvalue weighted by Gasteiger charge is -2.33. The average molecular weight is 323 g/mol. The first-order valence-corrected chi connectivity index (χ1v) is 7.85. The van der Waals surface area contributed by atoms with Gasteiger partial charge in [-0.2, -0.15) is 0 Å². The van der Waals surface area contributed by atoms with Gasteiger partial charge in [-0.3, -0.25) is 9.69 Å². The van der Waals surface area contributed by atoms with Crippen molar-refractivity contribution in [3.63, 3.8) is 0 Å². The van der Waals surface area contributed by atoms with Crippen LogP contribution in [0.3, 0.4) is 0 Å². The SMILES string of the molecule is CN1C(=O)CC(C)(c2cccc(-c3cccc(CO)c3)c2)N=C1N. The number of nitrogens with zero attached hydrogens (tertiary/aromatic N) is 2. The van der Waals surface area contributed by atoms with Crippen molar-refractivity contribution in [2.75, 3.05) is 7.05 Å². The number of aliphatic hydroxyl groups excluding tert-OH is 1. The predicted molar refractivity (Wildman–Crippen MR) is 94.2 cm³/mol. The maximum atomic E-state index is 12.2. The van der Waals surface area contributed by atoms with E-state index in [0.29, 0.717) is 0 Å². The fraction of sp³-hybridized carbons (Fsp3) is 0.263. The van der Waals surface area contributed by atoms with E-state index >= 15 is 0 Å². The molecular weight excluding hydrogens is 302 g/mol. The van der Waals surface area contributed by atoms with Crippen LogP contribution in [0.4, 0.5) is 0 Å². The summed E-state index contributed by atoms with van der Waals surface area (Å²) in [5, 5.41) is 9.32. The summed E-state index contributed by atoms with van der Waals surface area (Å²) in [6, 6.07) is 15.7. The molecule has 1 unspecified atom stereocenters. The number of amides is 1. The van der Waals surface area contributed by atoms with Crippen LogP contribution in [0.5, 0.6) is 0 Å².